The van der Waals surface area contributed by atoms with Crippen LogP contribution in [0.15, 0.2) is 18.2 Å². The van der Waals surface area contributed by atoms with Gasteiger partial charge in [-0.1, -0.05) is 17.5 Å². The molecular weight excluding hydrogens is 244 g/mol. The number of nitro benzene ring substituents is 1. The average molecular weight is 253 g/mol. The highest BCUT2D eigenvalue weighted by molar-refractivity contribution is 6.31. The van der Waals surface area contributed by atoms with Gasteiger partial charge in [0.2, 0.25) is 0 Å². The maximum absolute atomic E-state index is 11.8. The second-order valence-electron chi connectivity index (χ2n) is 3.32. The number of rotatable bonds is 3. The highest BCUT2D eigenvalue weighted by Crippen LogP contribution is 2.21. The van der Waals surface area contributed by atoms with Gasteiger partial charge < -0.3 is 4.90 Å². The summed E-state index contributed by atoms with van der Waals surface area (Å²) in [4.78, 5) is 23.1. The van der Waals surface area contributed by atoms with Crippen molar-refractivity contribution in [2.45, 2.75) is 0 Å². The van der Waals surface area contributed by atoms with Crippen LogP contribution < -0.4 is 0 Å². The molecule has 6 heteroatoms. The standard InChI is InChI=1S/C11H9ClN2O3/c1-3-4-13(2)11(15)8-5-9(12)7-10(6-8)14(16)17/h1,5-7H,4H2,2H3. The number of hydrogen-bond donors (Lipinski definition) is 0. The van der Waals surface area contributed by atoms with E-state index in [4.69, 9.17) is 18.0 Å². The van der Waals surface area contributed by atoms with Gasteiger partial charge in [0, 0.05) is 29.8 Å². The molecule has 5 nitrogen and oxygen atoms in total. The van der Waals surface area contributed by atoms with Crippen LogP contribution in [-0.4, -0.2) is 29.3 Å². The number of non-ortho nitro benzene ring substituents is 1. The molecule has 0 fully saturated rings. The highest BCUT2D eigenvalue weighted by Gasteiger charge is 2.16. The van der Waals surface area contributed by atoms with Gasteiger partial charge in [0.05, 0.1) is 11.5 Å². The van der Waals surface area contributed by atoms with Crippen LogP contribution in [0.2, 0.25) is 5.02 Å². The largest absolute Gasteiger partial charge is 0.331 e. The first-order valence-electron chi connectivity index (χ1n) is 4.59. The van der Waals surface area contributed by atoms with Gasteiger partial charge in [0.1, 0.15) is 0 Å². The molecule has 0 bridgehead atoms. The third-order valence-corrected chi connectivity index (χ3v) is 2.23. The number of nitro groups is 1. The van der Waals surface area contributed by atoms with Gasteiger partial charge >= 0.3 is 0 Å². The fourth-order valence-electron chi connectivity index (χ4n) is 1.23. The zero-order valence-corrected chi connectivity index (χ0v) is 9.77. The van der Waals surface area contributed by atoms with Crippen molar-refractivity contribution in [3.05, 3.63) is 38.9 Å². The molecule has 0 unspecified atom stereocenters. The number of benzene rings is 1. The summed E-state index contributed by atoms with van der Waals surface area (Å²) in [5.41, 5.74) is -0.0862. The Morgan fingerprint density at radius 2 is 2.24 bits per heavy atom. The number of terminal acetylenes is 1. The van der Waals surface area contributed by atoms with E-state index in [2.05, 4.69) is 5.92 Å². The molecule has 0 aromatic heterocycles. The molecule has 0 radical (unpaired) electrons. The predicted molar refractivity (Wildman–Crippen MR) is 63.9 cm³/mol. The lowest BCUT2D eigenvalue weighted by Crippen LogP contribution is -2.26. The van der Waals surface area contributed by atoms with Gasteiger partial charge in [-0.2, -0.15) is 0 Å². The molecule has 0 N–H and O–H groups in total. The zero-order valence-electron chi connectivity index (χ0n) is 9.01. The van der Waals surface area contributed by atoms with Crippen LogP contribution in [-0.2, 0) is 0 Å². The van der Waals surface area contributed by atoms with Crippen LogP contribution in [0, 0.1) is 22.5 Å². The van der Waals surface area contributed by atoms with Crippen molar-refractivity contribution in [2.24, 2.45) is 0 Å². The lowest BCUT2D eigenvalue weighted by Gasteiger charge is -2.13. The van der Waals surface area contributed by atoms with E-state index in [-0.39, 0.29) is 22.8 Å². The molecule has 0 saturated heterocycles. The van der Waals surface area contributed by atoms with E-state index in [9.17, 15) is 14.9 Å². The summed E-state index contributed by atoms with van der Waals surface area (Å²) >= 11 is 5.70. The smallest absolute Gasteiger partial charge is 0.271 e. The molecule has 0 aliphatic heterocycles. The minimum absolute atomic E-state index is 0.124. The molecular formula is C11H9ClN2O3. The molecule has 1 rings (SSSR count). The summed E-state index contributed by atoms with van der Waals surface area (Å²) in [7, 11) is 1.51. The zero-order chi connectivity index (χ0) is 13.0. The fraction of sp³-hybridized carbons (Fsp3) is 0.182. The Balaban J connectivity index is 3.10. The first-order chi connectivity index (χ1) is 7.95. The molecule has 0 spiro atoms. The van der Waals surface area contributed by atoms with Gasteiger partial charge in [-0.05, 0) is 6.07 Å². The van der Waals surface area contributed by atoms with Crippen molar-refractivity contribution >= 4 is 23.2 Å². The minimum atomic E-state index is -0.607. The van der Waals surface area contributed by atoms with Crippen molar-refractivity contribution in [1.82, 2.24) is 4.90 Å². The Kier molecular flexibility index (Phi) is 4.07. The SMILES string of the molecule is C#CCN(C)C(=O)c1cc(Cl)cc([N+](=O)[O-])c1. The minimum Gasteiger partial charge on any atom is -0.331 e. The van der Waals surface area contributed by atoms with Crippen molar-refractivity contribution in [3.63, 3.8) is 0 Å². The predicted octanol–water partition coefficient (Wildman–Crippen LogP) is 1.95. The van der Waals surface area contributed by atoms with E-state index in [1.165, 1.54) is 30.1 Å². The van der Waals surface area contributed by atoms with E-state index in [1.807, 2.05) is 0 Å². The fourth-order valence-corrected chi connectivity index (χ4v) is 1.46. The summed E-state index contributed by atoms with van der Waals surface area (Å²) in [6, 6.07) is 3.71. The van der Waals surface area contributed by atoms with E-state index >= 15 is 0 Å². The molecule has 17 heavy (non-hydrogen) atoms. The molecule has 1 amide bonds. The number of carbonyl (C=O) groups excluding carboxylic acids is 1. The third-order valence-electron chi connectivity index (χ3n) is 2.02. The van der Waals surface area contributed by atoms with Crippen LogP contribution in [0.25, 0.3) is 0 Å². The van der Waals surface area contributed by atoms with Crippen molar-refractivity contribution < 1.29 is 9.72 Å². The summed E-state index contributed by atoms with van der Waals surface area (Å²) in [6.07, 6.45) is 5.08. The van der Waals surface area contributed by atoms with E-state index in [0.717, 1.165) is 0 Å². The maximum Gasteiger partial charge on any atom is 0.271 e. The van der Waals surface area contributed by atoms with Crippen LogP contribution in [0.1, 0.15) is 10.4 Å². The average Bonchev–Trinajstić information content (AvgIpc) is 2.27. The maximum atomic E-state index is 11.8. The molecule has 0 aliphatic rings. The number of carbonyl (C=O) groups is 1. The molecule has 0 heterocycles. The van der Waals surface area contributed by atoms with E-state index in [1.54, 1.807) is 0 Å². The Hall–Kier alpha value is -2.06. The molecule has 88 valence electrons. The van der Waals surface area contributed by atoms with Crippen molar-refractivity contribution in [1.29, 1.82) is 0 Å². The van der Waals surface area contributed by atoms with Crippen LogP contribution >= 0.6 is 11.6 Å². The van der Waals surface area contributed by atoms with Gasteiger partial charge in [-0.3, -0.25) is 14.9 Å². The highest BCUT2D eigenvalue weighted by atomic mass is 35.5. The van der Waals surface area contributed by atoms with Gasteiger partial charge in [-0.15, -0.1) is 6.42 Å². The molecule has 0 saturated carbocycles. The lowest BCUT2D eigenvalue weighted by atomic mass is 10.2. The first kappa shape index (κ1) is 13.0. The Bertz CT molecular complexity index is 508. The van der Waals surface area contributed by atoms with Crippen molar-refractivity contribution in [3.8, 4) is 12.3 Å². The summed E-state index contributed by atoms with van der Waals surface area (Å²) in [5, 5.41) is 10.7. The Labute approximate surface area is 103 Å². The molecule has 0 atom stereocenters. The quantitative estimate of drug-likeness (QED) is 0.469. The normalized spacial score (nSPS) is 9.47. The lowest BCUT2D eigenvalue weighted by molar-refractivity contribution is -0.384. The van der Waals surface area contributed by atoms with Crippen LogP contribution in [0.5, 0.6) is 0 Å². The third kappa shape index (κ3) is 3.20. The number of nitrogens with zero attached hydrogens (tertiary/aromatic N) is 2. The van der Waals surface area contributed by atoms with Gasteiger partial charge in [0.25, 0.3) is 11.6 Å². The Morgan fingerprint density at radius 3 is 2.76 bits per heavy atom. The number of amides is 1. The van der Waals surface area contributed by atoms with Gasteiger partial charge in [-0.25, -0.2) is 0 Å². The van der Waals surface area contributed by atoms with E-state index < -0.39 is 10.8 Å². The van der Waals surface area contributed by atoms with Gasteiger partial charge in [0.15, 0.2) is 0 Å². The first-order valence-corrected chi connectivity index (χ1v) is 4.97. The summed E-state index contributed by atoms with van der Waals surface area (Å²) in [6.45, 7) is 0.124. The molecule has 1 aromatic rings. The summed E-state index contributed by atoms with van der Waals surface area (Å²) < 4.78 is 0. The second-order valence-corrected chi connectivity index (χ2v) is 3.76. The van der Waals surface area contributed by atoms with Crippen molar-refractivity contribution in [2.75, 3.05) is 13.6 Å². The Morgan fingerprint density at radius 1 is 1.59 bits per heavy atom. The number of halogens is 1. The second kappa shape index (κ2) is 5.32. The number of hydrogen-bond acceptors (Lipinski definition) is 3. The van der Waals surface area contributed by atoms with Crippen LogP contribution in [0.4, 0.5) is 5.69 Å². The monoisotopic (exact) mass is 252 g/mol. The summed E-state index contributed by atoms with van der Waals surface area (Å²) in [5.74, 6) is 1.90. The molecule has 0 aliphatic carbocycles. The topological polar surface area (TPSA) is 63.5 Å². The van der Waals surface area contributed by atoms with E-state index in [0.29, 0.717) is 0 Å². The molecule has 1 aromatic carbocycles. The van der Waals surface area contributed by atoms with Crippen LogP contribution in [0.3, 0.4) is 0 Å².